The SMILES string of the molecule is C/C=C/c1ccccc1.CC.CC.Cc1ccc(C)cc1. The molecule has 0 amide bonds. The van der Waals surface area contributed by atoms with E-state index in [0.29, 0.717) is 0 Å². The number of hydrogen-bond donors (Lipinski definition) is 0. The van der Waals surface area contributed by atoms with Crippen molar-refractivity contribution in [3.8, 4) is 0 Å². The van der Waals surface area contributed by atoms with E-state index in [1.165, 1.54) is 16.7 Å². The summed E-state index contributed by atoms with van der Waals surface area (Å²) in [6.45, 7) is 14.2. The molecule has 0 bridgehead atoms. The van der Waals surface area contributed by atoms with Crippen molar-refractivity contribution in [3.63, 3.8) is 0 Å². The molecule has 0 nitrogen and oxygen atoms in total. The first-order valence-corrected chi connectivity index (χ1v) is 7.93. The molecule has 0 heterocycles. The van der Waals surface area contributed by atoms with Crippen molar-refractivity contribution in [1.82, 2.24) is 0 Å². The molecule has 0 fully saturated rings. The van der Waals surface area contributed by atoms with Gasteiger partial charge in [0.25, 0.3) is 0 Å². The lowest BCUT2D eigenvalue weighted by molar-refractivity contribution is 1.40. The Morgan fingerprint density at radius 2 is 1.00 bits per heavy atom. The topological polar surface area (TPSA) is 0 Å². The van der Waals surface area contributed by atoms with Gasteiger partial charge in [0.15, 0.2) is 0 Å². The van der Waals surface area contributed by atoms with Crippen LogP contribution in [0.2, 0.25) is 0 Å². The van der Waals surface area contributed by atoms with Crippen LogP contribution in [-0.4, -0.2) is 0 Å². The molecule has 0 aromatic heterocycles. The van der Waals surface area contributed by atoms with Crippen molar-refractivity contribution in [2.75, 3.05) is 0 Å². The minimum Gasteiger partial charge on any atom is -0.0871 e. The first-order chi connectivity index (χ1) is 10.2. The quantitative estimate of drug-likeness (QED) is 0.525. The van der Waals surface area contributed by atoms with E-state index in [9.17, 15) is 0 Å². The molecule has 2 aromatic carbocycles. The van der Waals surface area contributed by atoms with E-state index in [4.69, 9.17) is 0 Å². The van der Waals surface area contributed by atoms with Gasteiger partial charge in [-0.25, -0.2) is 0 Å². The van der Waals surface area contributed by atoms with Crippen LogP contribution in [0.3, 0.4) is 0 Å². The largest absolute Gasteiger partial charge is 0.0871 e. The summed E-state index contributed by atoms with van der Waals surface area (Å²) in [7, 11) is 0. The standard InChI is InChI=1S/C9H10.C8H10.2C2H6/c1-2-6-9-7-4-3-5-8-9;1-7-3-5-8(2)6-4-7;2*1-2/h2-8H,1H3;3-6H,1-2H3;2*1-2H3/b6-2+;;;. The zero-order chi connectivity index (χ0) is 16.5. The van der Waals surface area contributed by atoms with Gasteiger partial charge in [-0.2, -0.15) is 0 Å². The summed E-state index contributed by atoms with van der Waals surface area (Å²) in [4.78, 5) is 0. The molecule has 0 saturated heterocycles. The van der Waals surface area contributed by atoms with Crippen LogP contribution < -0.4 is 0 Å². The van der Waals surface area contributed by atoms with E-state index in [-0.39, 0.29) is 0 Å². The van der Waals surface area contributed by atoms with Crippen molar-refractivity contribution in [1.29, 1.82) is 0 Å². The Bertz CT molecular complexity index is 414. The first kappa shape index (κ1) is 21.5. The van der Waals surface area contributed by atoms with E-state index < -0.39 is 0 Å². The third kappa shape index (κ3) is 12.9. The molecule has 21 heavy (non-hydrogen) atoms. The molecular formula is C21H32. The molecule has 2 aromatic rings. The van der Waals surface area contributed by atoms with Gasteiger partial charge in [0, 0.05) is 0 Å². The first-order valence-electron chi connectivity index (χ1n) is 7.93. The maximum atomic E-state index is 2.12. The van der Waals surface area contributed by atoms with Crippen molar-refractivity contribution in [2.45, 2.75) is 48.5 Å². The van der Waals surface area contributed by atoms with Crippen LogP contribution in [0.5, 0.6) is 0 Å². The average Bonchev–Trinajstić information content (AvgIpc) is 2.56. The lowest BCUT2D eigenvalue weighted by Gasteiger charge is -1.90. The van der Waals surface area contributed by atoms with Crippen LogP contribution in [0.15, 0.2) is 60.7 Å². The minimum absolute atomic E-state index is 1.26. The highest BCUT2D eigenvalue weighted by Gasteiger charge is 1.80. The summed E-state index contributed by atoms with van der Waals surface area (Å²) < 4.78 is 0. The number of hydrogen-bond acceptors (Lipinski definition) is 0. The second-order valence-corrected chi connectivity index (χ2v) is 4.07. The van der Waals surface area contributed by atoms with Gasteiger partial charge in [0.2, 0.25) is 0 Å². The fraction of sp³-hybridized carbons (Fsp3) is 0.333. The van der Waals surface area contributed by atoms with Gasteiger partial charge in [0.05, 0.1) is 0 Å². The molecule has 0 saturated carbocycles. The number of rotatable bonds is 1. The van der Waals surface area contributed by atoms with Gasteiger partial charge in [-0.1, -0.05) is 106 Å². The van der Waals surface area contributed by atoms with Crippen LogP contribution >= 0.6 is 0 Å². The van der Waals surface area contributed by atoms with Crippen LogP contribution in [0, 0.1) is 13.8 Å². The fourth-order valence-electron chi connectivity index (χ4n) is 1.39. The van der Waals surface area contributed by atoms with Crippen LogP contribution in [0.25, 0.3) is 6.08 Å². The zero-order valence-electron chi connectivity index (χ0n) is 14.9. The maximum Gasteiger partial charge on any atom is -0.0260 e. The Morgan fingerprint density at radius 1 is 0.619 bits per heavy atom. The van der Waals surface area contributed by atoms with Crippen molar-refractivity contribution < 1.29 is 0 Å². The van der Waals surface area contributed by atoms with E-state index >= 15 is 0 Å². The summed E-state index contributed by atoms with van der Waals surface area (Å²) in [6.07, 6.45) is 4.12. The fourth-order valence-corrected chi connectivity index (χ4v) is 1.39. The monoisotopic (exact) mass is 284 g/mol. The summed E-state index contributed by atoms with van der Waals surface area (Å²) in [5.74, 6) is 0. The lowest BCUT2D eigenvalue weighted by Crippen LogP contribution is -1.70. The highest BCUT2D eigenvalue weighted by atomic mass is 13.9. The molecule has 0 aliphatic rings. The summed E-state index contributed by atoms with van der Waals surface area (Å²) >= 11 is 0. The number of aryl methyl sites for hydroxylation is 2. The lowest BCUT2D eigenvalue weighted by atomic mass is 10.2. The molecule has 0 atom stereocenters. The Labute approximate surface area is 132 Å². The highest BCUT2D eigenvalue weighted by molar-refractivity contribution is 5.47. The van der Waals surface area contributed by atoms with Crippen LogP contribution in [-0.2, 0) is 0 Å². The average molecular weight is 284 g/mol. The van der Waals surface area contributed by atoms with Gasteiger partial charge in [0.1, 0.15) is 0 Å². The predicted molar refractivity (Wildman–Crippen MR) is 99.8 cm³/mol. The molecule has 0 spiro atoms. The zero-order valence-corrected chi connectivity index (χ0v) is 14.9. The number of allylic oxidation sites excluding steroid dienone is 1. The van der Waals surface area contributed by atoms with E-state index in [0.717, 1.165) is 0 Å². The minimum atomic E-state index is 1.26. The molecule has 116 valence electrons. The van der Waals surface area contributed by atoms with Crippen molar-refractivity contribution in [2.24, 2.45) is 0 Å². The summed E-state index contributed by atoms with van der Waals surface area (Å²) in [5, 5.41) is 0. The molecule has 0 heteroatoms. The predicted octanol–water partition coefficient (Wildman–Crippen LogP) is 7.08. The molecule has 2 rings (SSSR count). The maximum absolute atomic E-state index is 2.12. The van der Waals surface area contributed by atoms with Crippen molar-refractivity contribution in [3.05, 3.63) is 77.4 Å². The highest BCUT2D eigenvalue weighted by Crippen LogP contribution is 2.00. The third-order valence-electron chi connectivity index (χ3n) is 2.38. The van der Waals surface area contributed by atoms with Gasteiger partial charge >= 0.3 is 0 Å². The smallest absolute Gasteiger partial charge is 0.0260 e. The molecule has 0 radical (unpaired) electrons. The molecule has 0 aliphatic heterocycles. The third-order valence-corrected chi connectivity index (χ3v) is 2.38. The van der Waals surface area contributed by atoms with Crippen LogP contribution in [0.1, 0.15) is 51.3 Å². The van der Waals surface area contributed by atoms with Gasteiger partial charge < -0.3 is 0 Å². The molecule has 0 unspecified atom stereocenters. The van der Waals surface area contributed by atoms with E-state index in [1.54, 1.807) is 0 Å². The van der Waals surface area contributed by atoms with Crippen molar-refractivity contribution >= 4 is 6.08 Å². The van der Waals surface area contributed by atoms with Gasteiger partial charge in [-0.3, -0.25) is 0 Å². The normalized spacial score (nSPS) is 8.52. The van der Waals surface area contributed by atoms with Gasteiger partial charge in [-0.15, -0.1) is 0 Å². The Balaban J connectivity index is 0. The Hall–Kier alpha value is -1.82. The number of benzene rings is 2. The van der Waals surface area contributed by atoms with E-state index in [2.05, 4.69) is 56.3 Å². The van der Waals surface area contributed by atoms with E-state index in [1.807, 2.05) is 58.9 Å². The molecule has 0 aliphatic carbocycles. The summed E-state index contributed by atoms with van der Waals surface area (Å²) in [6, 6.07) is 18.7. The van der Waals surface area contributed by atoms with Gasteiger partial charge in [-0.05, 0) is 26.3 Å². The Kier molecular flexibility index (Phi) is 16.6. The molecular weight excluding hydrogens is 252 g/mol. The second kappa shape index (κ2) is 16.2. The molecule has 0 N–H and O–H groups in total. The Morgan fingerprint density at radius 3 is 1.33 bits per heavy atom. The summed E-state index contributed by atoms with van der Waals surface area (Å²) in [5.41, 5.74) is 3.92. The van der Waals surface area contributed by atoms with Crippen LogP contribution in [0.4, 0.5) is 0 Å². The second-order valence-electron chi connectivity index (χ2n) is 4.07.